The largest absolute Gasteiger partial charge is 0.508 e. The molecule has 0 atom stereocenters. The van der Waals surface area contributed by atoms with Crippen LogP contribution in [0.3, 0.4) is 0 Å². The second-order valence-corrected chi connectivity index (χ2v) is 10.7. The maximum Gasteiger partial charge on any atom is 0.228 e. The van der Waals surface area contributed by atoms with E-state index in [2.05, 4.69) is 10.00 Å². The van der Waals surface area contributed by atoms with Crippen molar-refractivity contribution in [2.24, 2.45) is 5.92 Å². The molecular formula is C22H28N6O4S. The van der Waals surface area contributed by atoms with E-state index in [1.165, 1.54) is 6.26 Å². The summed E-state index contributed by atoms with van der Waals surface area (Å²) in [7, 11) is -3.15. The van der Waals surface area contributed by atoms with Crippen LogP contribution in [0.5, 0.6) is 5.75 Å². The van der Waals surface area contributed by atoms with Crippen molar-refractivity contribution >= 4 is 27.0 Å². The molecule has 0 aliphatic carbocycles. The first-order chi connectivity index (χ1) is 15.9. The Balaban J connectivity index is 1.49. The Morgan fingerprint density at radius 3 is 2.58 bits per heavy atom. The maximum absolute atomic E-state index is 11.8. The number of piperidine rings is 1. The Labute approximate surface area is 192 Å². The second-order valence-electron chi connectivity index (χ2n) is 8.69. The maximum atomic E-state index is 11.8. The topological polar surface area (TPSA) is 114 Å². The Bertz CT molecular complexity index is 1250. The second kappa shape index (κ2) is 8.88. The van der Waals surface area contributed by atoms with Gasteiger partial charge in [0, 0.05) is 38.3 Å². The third-order valence-electron chi connectivity index (χ3n) is 6.37. The fraction of sp³-hybridized carbons (Fsp3) is 0.500. The number of aromatic hydroxyl groups is 1. The number of phenolic OH excluding ortho intramolecular Hbond substituents is 1. The standard InChI is InChI=1S/C22H28N6O4S/c1-33(30,31)27-7-5-16(6-8-27)15-28-21-19(14-23-28)20(17-3-2-4-18(29)13-17)24-22(25-21)26-9-11-32-12-10-26/h2-4,13-14,16,29H,5-12,15H2,1H3. The van der Waals surface area contributed by atoms with Gasteiger partial charge in [0.1, 0.15) is 5.75 Å². The number of phenols is 1. The molecule has 2 fully saturated rings. The fourth-order valence-corrected chi connectivity index (χ4v) is 5.40. The normalized spacial score (nSPS) is 18.8. The molecule has 0 amide bonds. The summed E-state index contributed by atoms with van der Waals surface area (Å²) in [5, 5.41) is 15.5. The summed E-state index contributed by atoms with van der Waals surface area (Å²) in [6.45, 7) is 4.41. The minimum atomic E-state index is -3.15. The number of hydrogen-bond donors (Lipinski definition) is 1. The van der Waals surface area contributed by atoms with Gasteiger partial charge in [0.25, 0.3) is 0 Å². The van der Waals surface area contributed by atoms with Gasteiger partial charge in [-0.05, 0) is 30.9 Å². The molecule has 176 valence electrons. The van der Waals surface area contributed by atoms with E-state index in [0.717, 1.165) is 35.1 Å². The first kappa shape index (κ1) is 22.1. The number of sulfonamides is 1. The number of aromatic nitrogens is 4. The van der Waals surface area contributed by atoms with E-state index in [1.54, 1.807) is 28.7 Å². The molecule has 2 aliphatic heterocycles. The lowest BCUT2D eigenvalue weighted by atomic mass is 9.98. The predicted octanol–water partition coefficient (Wildman–Crippen LogP) is 1.71. The number of benzene rings is 1. The number of hydrogen-bond acceptors (Lipinski definition) is 8. The molecule has 1 N–H and O–H groups in total. The SMILES string of the molecule is CS(=O)(=O)N1CCC(Cn2ncc3c(-c4cccc(O)c4)nc(N4CCOCC4)nc32)CC1. The first-order valence-corrected chi connectivity index (χ1v) is 13.0. The molecule has 4 heterocycles. The van der Waals surface area contributed by atoms with Crippen LogP contribution in [0.2, 0.25) is 0 Å². The van der Waals surface area contributed by atoms with Crippen LogP contribution in [-0.2, 0) is 21.3 Å². The highest BCUT2D eigenvalue weighted by Crippen LogP contribution is 2.31. The van der Waals surface area contributed by atoms with Crippen LogP contribution in [0.4, 0.5) is 5.95 Å². The summed E-state index contributed by atoms with van der Waals surface area (Å²) in [6, 6.07) is 7.05. The first-order valence-electron chi connectivity index (χ1n) is 11.2. The molecule has 0 unspecified atom stereocenters. The van der Waals surface area contributed by atoms with Gasteiger partial charge < -0.3 is 14.7 Å². The van der Waals surface area contributed by atoms with Gasteiger partial charge in [0.05, 0.1) is 36.7 Å². The Morgan fingerprint density at radius 1 is 1.12 bits per heavy atom. The van der Waals surface area contributed by atoms with Gasteiger partial charge in [-0.25, -0.2) is 22.4 Å². The lowest BCUT2D eigenvalue weighted by molar-refractivity contribution is 0.122. The van der Waals surface area contributed by atoms with E-state index < -0.39 is 10.0 Å². The monoisotopic (exact) mass is 472 g/mol. The van der Waals surface area contributed by atoms with Crippen molar-refractivity contribution in [3.05, 3.63) is 30.5 Å². The zero-order valence-corrected chi connectivity index (χ0v) is 19.4. The summed E-state index contributed by atoms with van der Waals surface area (Å²) in [6.07, 6.45) is 4.62. The molecule has 3 aromatic rings. The van der Waals surface area contributed by atoms with Crippen molar-refractivity contribution in [3.8, 4) is 17.0 Å². The van der Waals surface area contributed by atoms with Crippen molar-refractivity contribution in [2.45, 2.75) is 19.4 Å². The summed E-state index contributed by atoms with van der Waals surface area (Å²) in [5.41, 5.74) is 2.28. The lowest BCUT2D eigenvalue weighted by Crippen LogP contribution is -2.38. The Morgan fingerprint density at radius 2 is 1.88 bits per heavy atom. The van der Waals surface area contributed by atoms with E-state index in [4.69, 9.17) is 14.7 Å². The molecule has 2 aromatic heterocycles. The zero-order chi connectivity index (χ0) is 23.0. The molecule has 0 radical (unpaired) electrons. The van der Waals surface area contributed by atoms with Gasteiger partial charge in [-0.1, -0.05) is 12.1 Å². The third-order valence-corrected chi connectivity index (χ3v) is 7.67. The highest BCUT2D eigenvalue weighted by molar-refractivity contribution is 7.88. The van der Waals surface area contributed by atoms with E-state index in [0.29, 0.717) is 57.8 Å². The molecule has 10 nitrogen and oxygen atoms in total. The van der Waals surface area contributed by atoms with Crippen LogP contribution in [0.25, 0.3) is 22.3 Å². The Hall–Kier alpha value is -2.76. The molecule has 5 rings (SSSR count). The minimum Gasteiger partial charge on any atom is -0.508 e. The molecular weight excluding hydrogens is 444 g/mol. The van der Waals surface area contributed by atoms with Crippen molar-refractivity contribution in [1.82, 2.24) is 24.1 Å². The van der Waals surface area contributed by atoms with Crippen LogP contribution >= 0.6 is 0 Å². The zero-order valence-electron chi connectivity index (χ0n) is 18.6. The highest BCUT2D eigenvalue weighted by atomic mass is 32.2. The molecule has 0 bridgehead atoms. The minimum absolute atomic E-state index is 0.178. The van der Waals surface area contributed by atoms with Crippen LogP contribution in [-0.4, -0.2) is 83.2 Å². The molecule has 11 heteroatoms. The van der Waals surface area contributed by atoms with E-state index >= 15 is 0 Å². The molecule has 0 spiro atoms. The van der Waals surface area contributed by atoms with Gasteiger partial charge in [-0.2, -0.15) is 10.1 Å². The van der Waals surface area contributed by atoms with Crippen LogP contribution < -0.4 is 4.90 Å². The van der Waals surface area contributed by atoms with E-state index in [-0.39, 0.29) is 5.75 Å². The van der Waals surface area contributed by atoms with Crippen molar-refractivity contribution < 1.29 is 18.3 Å². The van der Waals surface area contributed by atoms with Gasteiger partial charge in [0.15, 0.2) is 5.65 Å². The quantitative estimate of drug-likeness (QED) is 0.597. The van der Waals surface area contributed by atoms with Crippen LogP contribution in [0.15, 0.2) is 30.5 Å². The van der Waals surface area contributed by atoms with Crippen molar-refractivity contribution in [3.63, 3.8) is 0 Å². The van der Waals surface area contributed by atoms with Crippen molar-refractivity contribution in [1.29, 1.82) is 0 Å². The lowest BCUT2D eigenvalue weighted by Gasteiger charge is -2.30. The molecule has 0 saturated carbocycles. The fourth-order valence-electron chi connectivity index (χ4n) is 4.52. The number of morpholine rings is 1. The number of fused-ring (bicyclic) bond motifs is 1. The highest BCUT2D eigenvalue weighted by Gasteiger charge is 2.26. The smallest absolute Gasteiger partial charge is 0.228 e. The summed E-state index contributed by atoms with van der Waals surface area (Å²) >= 11 is 0. The van der Waals surface area contributed by atoms with Crippen LogP contribution in [0.1, 0.15) is 12.8 Å². The van der Waals surface area contributed by atoms with Gasteiger partial charge >= 0.3 is 0 Å². The number of anilines is 1. The van der Waals surface area contributed by atoms with Crippen LogP contribution in [0, 0.1) is 5.92 Å². The van der Waals surface area contributed by atoms with E-state index in [9.17, 15) is 13.5 Å². The average molecular weight is 473 g/mol. The molecule has 2 aliphatic rings. The van der Waals surface area contributed by atoms with Crippen molar-refractivity contribution in [2.75, 3.05) is 50.5 Å². The predicted molar refractivity (Wildman–Crippen MR) is 125 cm³/mol. The van der Waals surface area contributed by atoms with Gasteiger partial charge in [0.2, 0.25) is 16.0 Å². The number of rotatable bonds is 5. The molecule has 1 aromatic carbocycles. The summed E-state index contributed by atoms with van der Waals surface area (Å²) in [4.78, 5) is 11.8. The molecule has 33 heavy (non-hydrogen) atoms. The third kappa shape index (κ3) is 4.66. The summed E-state index contributed by atoms with van der Waals surface area (Å²) < 4.78 is 32.6. The van der Waals surface area contributed by atoms with Gasteiger partial charge in [-0.3, -0.25) is 0 Å². The number of ether oxygens (including phenoxy) is 1. The average Bonchev–Trinajstić information content (AvgIpc) is 3.21. The number of nitrogens with zero attached hydrogens (tertiary/aromatic N) is 6. The molecule has 2 saturated heterocycles. The Kier molecular flexibility index (Phi) is 5.94. The van der Waals surface area contributed by atoms with Gasteiger partial charge in [-0.15, -0.1) is 0 Å². The van der Waals surface area contributed by atoms with E-state index in [1.807, 2.05) is 10.7 Å². The summed E-state index contributed by atoms with van der Waals surface area (Å²) in [5.74, 6) is 1.12.